The molecular weight excluding hydrogens is 318 g/mol. The summed E-state index contributed by atoms with van der Waals surface area (Å²) in [5.74, 6) is 0.874. The summed E-state index contributed by atoms with van der Waals surface area (Å²) in [7, 11) is 1.75. The van der Waals surface area contributed by atoms with Crippen molar-refractivity contribution in [1.29, 1.82) is 0 Å². The Morgan fingerprint density at radius 2 is 2.24 bits per heavy atom. The molecule has 0 aliphatic carbocycles. The van der Waals surface area contributed by atoms with E-state index < -0.39 is 5.60 Å². The average molecular weight is 343 g/mol. The number of pyridine rings is 1. The lowest BCUT2D eigenvalue weighted by molar-refractivity contribution is -0.133. The van der Waals surface area contributed by atoms with Gasteiger partial charge in [-0.25, -0.2) is 4.98 Å². The predicted molar refractivity (Wildman–Crippen MR) is 95.2 cm³/mol. The van der Waals surface area contributed by atoms with E-state index in [4.69, 9.17) is 0 Å². The topological polar surface area (TPSA) is 74.5 Å². The summed E-state index contributed by atoms with van der Waals surface area (Å²) < 4.78 is 1.77. The monoisotopic (exact) mass is 343 g/mol. The van der Waals surface area contributed by atoms with Crippen LogP contribution < -0.4 is 4.90 Å². The Kier molecular flexibility index (Phi) is 5.03. The van der Waals surface area contributed by atoms with Gasteiger partial charge in [-0.05, 0) is 31.5 Å². The van der Waals surface area contributed by atoms with Gasteiger partial charge in [0.15, 0.2) is 0 Å². The molecule has 0 unspecified atom stereocenters. The van der Waals surface area contributed by atoms with E-state index in [9.17, 15) is 9.90 Å². The number of hydrogen-bond acceptors (Lipinski definition) is 5. The Morgan fingerprint density at radius 1 is 1.40 bits per heavy atom. The van der Waals surface area contributed by atoms with Crippen LogP contribution in [0, 0.1) is 6.92 Å². The maximum atomic E-state index is 12.4. The van der Waals surface area contributed by atoms with Crippen LogP contribution in [-0.2, 0) is 11.3 Å². The number of carbonyl (C=O) groups is 1. The lowest BCUT2D eigenvalue weighted by Crippen LogP contribution is -2.46. The van der Waals surface area contributed by atoms with Crippen LogP contribution in [0.1, 0.15) is 18.5 Å². The van der Waals surface area contributed by atoms with Gasteiger partial charge in [-0.3, -0.25) is 9.48 Å². The first kappa shape index (κ1) is 17.4. The molecule has 1 atom stereocenters. The molecule has 7 nitrogen and oxygen atoms in total. The zero-order valence-corrected chi connectivity index (χ0v) is 14.8. The summed E-state index contributed by atoms with van der Waals surface area (Å²) in [5.41, 5.74) is 0.0419. The van der Waals surface area contributed by atoms with Crippen molar-refractivity contribution < 1.29 is 9.90 Å². The fraction of sp³-hybridized carbons (Fsp3) is 0.500. The van der Waals surface area contributed by atoms with Crippen molar-refractivity contribution in [2.45, 2.75) is 31.9 Å². The number of rotatable bonds is 6. The number of aliphatic hydroxyl groups is 1. The number of aromatic nitrogens is 3. The number of nitrogens with zero attached hydrogens (tertiary/aromatic N) is 5. The third kappa shape index (κ3) is 4.36. The quantitative estimate of drug-likeness (QED) is 0.849. The summed E-state index contributed by atoms with van der Waals surface area (Å²) in [4.78, 5) is 20.4. The molecule has 0 radical (unpaired) electrons. The molecule has 2 aromatic rings. The van der Waals surface area contributed by atoms with E-state index >= 15 is 0 Å². The lowest BCUT2D eigenvalue weighted by atomic mass is 10.0. The molecule has 1 fully saturated rings. The van der Waals surface area contributed by atoms with Gasteiger partial charge in [-0.2, -0.15) is 5.10 Å². The largest absolute Gasteiger partial charge is 0.386 e. The van der Waals surface area contributed by atoms with Crippen molar-refractivity contribution in [1.82, 2.24) is 19.7 Å². The van der Waals surface area contributed by atoms with Crippen LogP contribution in [0.15, 0.2) is 36.7 Å². The zero-order valence-electron chi connectivity index (χ0n) is 14.8. The van der Waals surface area contributed by atoms with E-state index in [0.29, 0.717) is 32.5 Å². The number of amides is 1. The number of likely N-dealkylation sites (N-methyl/N-ethyl adjacent to an activating group) is 1. The van der Waals surface area contributed by atoms with E-state index in [1.54, 1.807) is 22.8 Å². The third-order valence-electron chi connectivity index (χ3n) is 4.59. The fourth-order valence-corrected chi connectivity index (χ4v) is 3.24. The van der Waals surface area contributed by atoms with Gasteiger partial charge in [0.1, 0.15) is 11.4 Å². The lowest BCUT2D eigenvalue weighted by Gasteiger charge is -2.29. The van der Waals surface area contributed by atoms with Crippen LogP contribution in [0.2, 0.25) is 0 Å². The Hall–Kier alpha value is -2.41. The van der Waals surface area contributed by atoms with Crippen LogP contribution >= 0.6 is 0 Å². The molecule has 1 aliphatic rings. The SMILES string of the molecule is Cc1ccn(CCC(=O)N(C)C[C@]2(O)CCN(c3ccccn3)C2)n1. The van der Waals surface area contributed by atoms with Gasteiger partial charge >= 0.3 is 0 Å². The second-order valence-electron chi connectivity index (χ2n) is 6.80. The molecule has 0 saturated carbocycles. The standard InChI is InChI=1S/C18H25N5O2/c1-15-6-10-23(20-15)11-7-17(24)21(2)13-18(25)8-12-22(14-18)16-5-3-4-9-19-16/h3-6,9-10,25H,7-8,11-14H2,1-2H3/t18-/m1/s1. The molecule has 0 spiro atoms. The molecule has 2 aromatic heterocycles. The van der Waals surface area contributed by atoms with Crippen LogP contribution in [0.5, 0.6) is 0 Å². The van der Waals surface area contributed by atoms with Gasteiger partial charge in [-0.15, -0.1) is 0 Å². The van der Waals surface area contributed by atoms with Crippen molar-refractivity contribution in [2.24, 2.45) is 0 Å². The number of carbonyl (C=O) groups excluding carboxylic acids is 1. The summed E-state index contributed by atoms with van der Waals surface area (Å²) in [6.07, 6.45) is 4.62. The Labute approximate surface area is 147 Å². The van der Waals surface area contributed by atoms with Gasteiger partial charge in [-0.1, -0.05) is 6.07 Å². The smallest absolute Gasteiger partial charge is 0.224 e. The van der Waals surface area contributed by atoms with E-state index in [1.807, 2.05) is 37.4 Å². The van der Waals surface area contributed by atoms with E-state index in [-0.39, 0.29) is 5.91 Å². The Balaban J connectivity index is 1.51. The van der Waals surface area contributed by atoms with Crippen molar-refractivity contribution in [3.05, 3.63) is 42.4 Å². The summed E-state index contributed by atoms with van der Waals surface area (Å²) in [5, 5.41) is 15.1. The highest BCUT2D eigenvalue weighted by molar-refractivity contribution is 5.75. The first-order valence-corrected chi connectivity index (χ1v) is 8.58. The van der Waals surface area contributed by atoms with Crippen molar-refractivity contribution >= 4 is 11.7 Å². The highest BCUT2D eigenvalue weighted by atomic mass is 16.3. The van der Waals surface area contributed by atoms with Gasteiger partial charge < -0.3 is 14.9 Å². The van der Waals surface area contributed by atoms with Crippen molar-refractivity contribution in [2.75, 3.05) is 31.6 Å². The van der Waals surface area contributed by atoms with Crippen molar-refractivity contribution in [3.63, 3.8) is 0 Å². The Morgan fingerprint density at radius 3 is 2.92 bits per heavy atom. The number of hydrogen-bond donors (Lipinski definition) is 1. The van der Waals surface area contributed by atoms with E-state index in [0.717, 1.165) is 18.1 Å². The van der Waals surface area contributed by atoms with Gasteiger partial charge in [0.25, 0.3) is 0 Å². The third-order valence-corrected chi connectivity index (χ3v) is 4.59. The Bertz CT molecular complexity index is 717. The molecule has 0 aromatic carbocycles. The molecule has 134 valence electrons. The maximum Gasteiger partial charge on any atom is 0.224 e. The molecule has 1 aliphatic heterocycles. The second kappa shape index (κ2) is 7.23. The van der Waals surface area contributed by atoms with E-state index in [1.165, 1.54) is 0 Å². The van der Waals surface area contributed by atoms with Crippen molar-refractivity contribution in [3.8, 4) is 0 Å². The van der Waals surface area contributed by atoms with Crippen LogP contribution in [0.3, 0.4) is 0 Å². The van der Waals surface area contributed by atoms with E-state index in [2.05, 4.69) is 15.0 Å². The summed E-state index contributed by atoms with van der Waals surface area (Å²) >= 11 is 0. The van der Waals surface area contributed by atoms with Gasteiger partial charge in [0.2, 0.25) is 5.91 Å². The molecule has 3 rings (SSSR count). The molecule has 7 heteroatoms. The molecule has 0 bridgehead atoms. The first-order chi connectivity index (χ1) is 12.0. The first-order valence-electron chi connectivity index (χ1n) is 8.58. The molecule has 1 amide bonds. The number of anilines is 1. The molecular formula is C18H25N5O2. The van der Waals surface area contributed by atoms with Crippen LogP contribution in [-0.4, -0.2) is 63.0 Å². The minimum absolute atomic E-state index is 0.0119. The normalized spacial score (nSPS) is 20.0. The highest BCUT2D eigenvalue weighted by Crippen LogP contribution is 2.26. The molecule has 25 heavy (non-hydrogen) atoms. The highest BCUT2D eigenvalue weighted by Gasteiger charge is 2.38. The van der Waals surface area contributed by atoms with Crippen LogP contribution in [0.4, 0.5) is 5.82 Å². The average Bonchev–Trinajstić information content (AvgIpc) is 3.19. The van der Waals surface area contributed by atoms with Gasteiger partial charge in [0.05, 0.1) is 12.2 Å². The minimum Gasteiger partial charge on any atom is -0.386 e. The fourth-order valence-electron chi connectivity index (χ4n) is 3.24. The van der Waals surface area contributed by atoms with Crippen LogP contribution in [0.25, 0.3) is 0 Å². The summed E-state index contributed by atoms with van der Waals surface area (Å²) in [6.45, 7) is 4.03. The summed E-state index contributed by atoms with van der Waals surface area (Å²) in [6, 6.07) is 7.67. The second-order valence-corrected chi connectivity index (χ2v) is 6.80. The predicted octanol–water partition coefficient (Wildman–Crippen LogP) is 1.08. The molecule has 3 heterocycles. The minimum atomic E-state index is -0.899. The zero-order chi connectivity index (χ0) is 17.9. The number of β-amino-alcohol motifs (C(OH)–C–C–N with tert-alkyl or cyclic N) is 1. The van der Waals surface area contributed by atoms with Gasteiger partial charge in [0, 0.05) is 45.5 Å². The number of aryl methyl sites for hydroxylation is 2. The molecule has 1 saturated heterocycles. The maximum absolute atomic E-state index is 12.4. The molecule has 1 N–H and O–H groups in total.